The number of hydrogen-bond donors (Lipinski definition) is 4. The first kappa shape index (κ1) is 53.9. The van der Waals surface area contributed by atoms with E-state index in [0.29, 0.717) is 25.8 Å². The van der Waals surface area contributed by atoms with Crippen LogP contribution in [-0.2, 0) is 9.59 Å². The maximum Gasteiger partial charge on any atom is 0.222 e. The molecule has 0 aliphatic heterocycles. The fraction of sp³-hybridized carbons (Fsp3) is 0.959. The van der Waals surface area contributed by atoms with E-state index >= 15 is 0 Å². The van der Waals surface area contributed by atoms with Crippen molar-refractivity contribution in [2.75, 3.05) is 13.2 Å². The Bertz CT molecular complexity index is 735. The van der Waals surface area contributed by atoms with E-state index in [-0.39, 0.29) is 18.4 Å². The minimum Gasteiger partial charge on any atom is -0.395 e. The number of amides is 2. The molecule has 55 heavy (non-hydrogen) atoms. The molecule has 2 amide bonds. The van der Waals surface area contributed by atoms with Gasteiger partial charge in [0.2, 0.25) is 11.8 Å². The van der Waals surface area contributed by atoms with E-state index in [9.17, 15) is 14.7 Å². The lowest BCUT2D eigenvalue weighted by atomic mass is 10.0. The molecule has 0 fully saturated rings. The maximum absolute atomic E-state index is 12.9. The van der Waals surface area contributed by atoms with Gasteiger partial charge in [-0.3, -0.25) is 14.9 Å². The molecule has 0 unspecified atom stereocenters. The number of carbonyl (C=O) groups is 2. The van der Waals surface area contributed by atoms with Crippen molar-refractivity contribution in [2.45, 2.75) is 290 Å². The highest BCUT2D eigenvalue weighted by molar-refractivity contribution is 5.80. The standard InChI is InChI=1S/C49H99N3O3/c1-4-7-9-11-13-15-17-19-21-23-25-27-29-31-33-35-37-39-41-43-47(54)51-49(6-3,50-45-46-53)52-48(55)44-42-40-38-36-34-32-30-28-26-24-22-20-18-16-14-12-10-8-5-2/h50,53H,4-46H2,1-3H3,(H,51,54)(H,52,55). The Balaban J connectivity index is 3.84. The molecule has 0 aromatic carbocycles. The van der Waals surface area contributed by atoms with Gasteiger partial charge in [-0.25, -0.2) is 0 Å². The van der Waals surface area contributed by atoms with Crippen LogP contribution in [0, 0.1) is 0 Å². The molecule has 0 spiro atoms. The lowest BCUT2D eigenvalue weighted by Crippen LogP contribution is -2.69. The Morgan fingerprint density at radius 2 is 0.582 bits per heavy atom. The molecule has 6 nitrogen and oxygen atoms in total. The van der Waals surface area contributed by atoms with Gasteiger partial charge in [-0.05, 0) is 12.8 Å². The Morgan fingerprint density at radius 1 is 0.364 bits per heavy atom. The van der Waals surface area contributed by atoms with Crippen molar-refractivity contribution in [3.05, 3.63) is 0 Å². The molecule has 0 aliphatic rings. The van der Waals surface area contributed by atoms with E-state index < -0.39 is 5.79 Å². The fourth-order valence-electron chi connectivity index (χ4n) is 8.02. The van der Waals surface area contributed by atoms with Crippen LogP contribution >= 0.6 is 0 Å². The second-order valence-electron chi connectivity index (χ2n) is 17.2. The van der Waals surface area contributed by atoms with Crippen LogP contribution < -0.4 is 16.0 Å². The molecule has 4 N–H and O–H groups in total. The number of aliphatic hydroxyl groups excluding tert-OH is 1. The third-order valence-electron chi connectivity index (χ3n) is 11.8. The molecule has 328 valence electrons. The number of carbonyl (C=O) groups excluding carboxylic acids is 2. The molecule has 0 saturated carbocycles. The monoisotopic (exact) mass is 778 g/mol. The summed E-state index contributed by atoms with van der Waals surface area (Å²) in [5.74, 6) is -1.08. The third-order valence-corrected chi connectivity index (χ3v) is 11.8. The van der Waals surface area contributed by atoms with Gasteiger partial charge in [0.05, 0.1) is 6.61 Å². The van der Waals surface area contributed by atoms with E-state index in [2.05, 4.69) is 29.8 Å². The lowest BCUT2D eigenvalue weighted by molar-refractivity contribution is -0.128. The highest BCUT2D eigenvalue weighted by Crippen LogP contribution is 2.17. The number of rotatable bonds is 46. The smallest absolute Gasteiger partial charge is 0.222 e. The number of nitrogens with one attached hydrogen (secondary N) is 3. The van der Waals surface area contributed by atoms with Crippen molar-refractivity contribution in [3.63, 3.8) is 0 Å². The minimum absolute atomic E-state index is 0.0388. The Labute approximate surface area is 344 Å². The first-order chi connectivity index (χ1) is 27.0. The first-order valence-corrected chi connectivity index (χ1v) is 25.0. The van der Waals surface area contributed by atoms with Crippen LogP contribution in [0.1, 0.15) is 284 Å². The predicted octanol–water partition coefficient (Wildman–Crippen LogP) is 14.5. The third kappa shape index (κ3) is 39.5. The Kier molecular flexibility index (Phi) is 43.1. The Hall–Kier alpha value is -1.14. The molecule has 6 heteroatoms. The number of unbranched alkanes of at least 4 members (excludes halogenated alkanes) is 36. The second-order valence-corrected chi connectivity index (χ2v) is 17.2. The molecule has 0 atom stereocenters. The summed E-state index contributed by atoms with van der Waals surface area (Å²) < 4.78 is 0. The molecule has 0 heterocycles. The summed E-state index contributed by atoms with van der Waals surface area (Å²) in [5.41, 5.74) is 0. The molecule has 0 radical (unpaired) electrons. The summed E-state index contributed by atoms with van der Waals surface area (Å²) in [4.78, 5) is 25.8. The molecule has 0 aromatic heterocycles. The van der Waals surface area contributed by atoms with Gasteiger partial charge in [0, 0.05) is 25.8 Å². The summed E-state index contributed by atoms with van der Waals surface area (Å²) >= 11 is 0. The fourth-order valence-corrected chi connectivity index (χ4v) is 8.02. The summed E-state index contributed by atoms with van der Waals surface area (Å²) in [5, 5.41) is 18.8. The second kappa shape index (κ2) is 44.0. The van der Waals surface area contributed by atoms with Gasteiger partial charge < -0.3 is 15.7 Å². The van der Waals surface area contributed by atoms with E-state index in [1.54, 1.807) is 0 Å². The first-order valence-electron chi connectivity index (χ1n) is 25.0. The van der Waals surface area contributed by atoms with Gasteiger partial charge >= 0.3 is 0 Å². The largest absolute Gasteiger partial charge is 0.395 e. The molecule has 0 saturated heterocycles. The van der Waals surface area contributed by atoms with E-state index in [0.717, 1.165) is 25.7 Å². The summed E-state index contributed by atoms with van der Waals surface area (Å²) in [7, 11) is 0. The zero-order chi connectivity index (χ0) is 40.2. The SMILES string of the molecule is CCCCCCCCCCCCCCCCCCCCCC(=O)NC(CC)(NCCO)NC(=O)CCCCCCCCCCCCCCCCCCCCC. The zero-order valence-corrected chi connectivity index (χ0v) is 37.7. The van der Waals surface area contributed by atoms with E-state index in [1.807, 2.05) is 6.92 Å². The average Bonchev–Trinajstić information content (AvgIpc) is 3.18. The lowest BCUT2D eigenvalue weighted by Gasteiger charge is -2.36. The van der Waals surface area contributed by atoms with Crippen molar-refractivity contribution >= 4 is 11.8 Å². The predicted molar refractivity (Wildman–Crippen MR) is 240 cm³/mol. The van der Waals surface area contributed by atoms with Gasteiger partial charge in [0.25, 0.3) is 0 Å². The summed E-state index contributed by atoms with van der Waals surface area (Å²) in [6.45, 7) is 6.80. The van der Waals surface area contributed by atoms with Crippen LogP contribution in [0.25, 0.3) is 0 Å². The van der Waals surface area contributed by atoms with Crippen molar-refractivity contribution in [1.82, 2.24) is 16.0 Å². The quantitative estimate of drug-likeness (QED) is 0.0366. The van der Waals surface area contributed by atoms with Gasteiger partial charge in [-0.1, -0.05) is 252 Å². The van der Waals surface area contributed by atoms with Crippen molar-refractivity contribution in [2.24, 2.45) is 0 Å². The highest BCUT2D eigenvalue weighted by Gasteiger charge is 2.30. The molecular formula is C49H99N3O3. The average molecular weight is 778 g/mol. The van der Waals surface area contributed by atoms with Gasteiger partial charge in [0.1, 0.15) is 0 Å². The molecule has 0 bridgehead atoms. The van der Waals surface area contributed by atoms with E-state index in [4.69, 9.17) is 0 Å². The van der Waals surface area contributed by atoms with Crippen LogP contribution in [0.15, 0.2) is 0 Å². The van der Waals surface area contributed by atoms with Crippen LogP contribution in [-0.4, -0.2) is 35.9 Å². The van der Waals surface area contributed by atoms with Crippen LogP contribution in [0.2, 0.25) is 0 Å². The molecule has 0 aliphatic carbocycles. The minimum atomic E-state index is -1.00. The zero-order valence-electron chi connectivity index (χ0n) is 37.7. The Morgan fingerprint density at radius 3 is 0.782 bits per heavy atom. The summed E-state index contributed by atoms with van der Waals surface area (Å²) in [6, 6.07) is 0. The van der Waals surface area contributed by atoms with Crippen LogP contribution in [0.5, 0.6) is 0 Å². The van der Waals surface area contributed by atoms with Crippen molar-refractivity contribution in [1.29, 1.82) is 0 Å². The molecule has 0 aromatic rings. The van der Waals surface area contributed by atoms with Crippen molar-refractivity contribution in [3.8, 4) is 0 Å². The topological polar surface area (TPSA) is 90.5 Å². The van der Waals surface area contributed by atoms with Gasteiger partial charge in [-0.15, -0.1) is 0 Å². The molecule has 0 rings (SSSR count). The van der Waals surface area contributed by atoms with Crippen molar-refractivity contribution < 1.29 is 14.7 Å². The van der Waals surface area contributed by atoms with Gasteiger partial charge in [0.15, 0.2) is 5.79 Å². The normalized spacial score (nSPS) is 11.7. The van der Waals surface area contributed by atoms with Crippen LogP contribution in [0.4, 0.5) is 0 Å². The van der Waals surface area contributed by atoms with E-state index in [1.165, 1.54) is 218 Å². The highest BCUT2D eigenvalue weighted by atomic mass is 16.3. The number of aliphatic hydroxyl groups is 1. The van der Waals surface area contributed by atoms with Crippen LogP contribution in [0.3, 0.4) is 0 Å². The molecular weight excluding hydrogens is 679 g/mol. The van der Waals surface area contributed by atoms with Gasteiger partial charge in [-0.2, -0.15) is 0 Å². The maximum atomic E-state index is 12.9. The summed E-state index contributed by atoms with van der Waals surface area (Å²) in [6.07, 6.45) is 52.2. The number of hydrogen-bond acceptors (Lipinski definition) is 4.